The summed E-state index contributed by atoms with van der Waals surface area (Å²) in [6, 6.07) is 5.16. The summed E-state index contributed by atoms with van der Waals surface area (Å²) in [5.41, 5.74) is 1.41. The number of hydrogen-bond donors (Lipinski definition) is 2. The molecule has 0 radical (unpaired) electrons. The lowest BCUT2D eigenvalue weighted by Gasteiger charge is -2.17. The Bertz CT molecular complexity index is 813. The third-order valence-electron chi connectivity index (χ3n) is 3.23. The molecule has 2 rings (SSSR count). The number of carbonyl (C=O) groups is 1. The van der Waals surface area contributed by atoms with Gasteiger partial charge in [-0.3, -0.25) is 4.79 Å². The lowest BCUT2D eigenvalue weighted by Crippen LogP contribution is -2.33. The van der Waals surface area contributed by atoms with Crippen LogP contribution in [0.5, 0.6) is 5.75 Å². The van der Waals surface area contributed by atoms with Gasteiger partial charge in [-0.25, -0.2) is 8.42 Å². The molecule has 1 aromatic carbocycles. The van der Waals surface area contributed by atoms with E-state index in [9.17, 15) is 18.3 Å². The molecule has 0 fully saturated rings. The van der Waals surface area contributed by atoms with Crippen LogP contribution in [0.4, 0.5) is 0 Å². The van der Waals surface area contributed by atoms with Crippen LogP contribution in [0.1, 0.15) is 22.0 Å². The first-order valence-corrected chi connectivity index (χ1v) is 9.06. The first-order chi connectivity index (χ1) is 10.8. The average Bonchev–Trinajstić information content (AvgIpc) is 2.97. The molecule has 0 bridgehead atoms. The molecule has 2 N–H and O–H groups in total. The molecular formula is C15H17NO5S2. The lowest BCUT2D eigenvalue weighted by molar-refractivity contribution is -0.139. The zero-order valence-electron chi connectivity index (χ0n) is 12.9. The standard InChI is InChI=1S/C15H17NO5S2/c1-9-7-10(2)14(21-3)12(8-9)23(19,20)16-13(15(17)18)11-5-4-6-22-11/h4-8,13,16H,1-3H3,(H,17,18). The van der Waals surface area contributed by atoms with Crippen LogP contribution in [-0.4, -0.2) is 26.6 Å². The van der Waals surface area contributed by atoms with Crippen molar-refractivity contribution in [2.75, 3.05) is 7.11 Å². The molecule has 8 heteroatoms. The highest BCUT2D eigenvalue weighted by Crippen LogP contribution is 2.30. The molecule has 0 aliphatic rings. The molecule has 124 valence electrons. The fourth-order valence-corrected chi connectivity index (χ4v) is 4.62. The van der Waals surface area contributed by atoms with Gasteiger partial charge < -0.3 is 9.84 Å². The number of benzene rings is 1. The summed E-state index contributed by atoms with van der Waals surface area (Å²) in [5, 5.41) is 11.0. The summed E-state index contributed by atoms with van der Waals surface area (Å²) in [6.45, 7) is 3.50. The second kappa shape index (κ2) is 6.69. The largest absolute Gasteiger partial charge is 0.495 e. The van der Waals surface area contributed by atoms with E-state index >= 15 is 0 Å². The van der Waals surface area contributed by atoms with E-state index in [2.05, 4.69) is 4.72 Å². The van der Waals surface area contributed by atoms with Gasteiger partial charge in [-0.2, -0.15) is 4.72 Å². The van der Waals surface area contributed by atoms with Crippen LogP contribution in [-0.2, 0) is 14.8 Å². The van der Waals surface area contributed by atoms with Crippen molar-refractivity contribution in [1.82, 2.24) is 4.72 Å². The van der Waals surface area contributed by atoms with Gasteiger partial charge >= 0.3 is 5.97 Å². The smallest absolute Gasteiger partial charge is 0.327 e. The van der Waals surface area contributed by atoms with Gasteiger partial charge in [-0.15, -0.1) is 11.3 Å². The van der Waals surface area contributed by atoms with Gasteiger partial charge in [0.15, 0.2) is 6.04 Å². The molecule has 1 unspecified atom stereocenters. The number of hydrogen-bond acceptors (Lipinski definition) is 5. The molecule has 1 atom stereocenters. The molecule has 0 amide bonds. The average molecular weight is 355 g/mol. The van der Waals surface area contributed by atoms with Gasteiger partial charge in [-0.1, -0.05) is 12.1 Å². The number of aryl methyl sites for hydroxylation is 2. The van der Waals surface area contributed by atoms with Crippen LogP contribution in [0.15, 0.2) is 34.5 Å². The normalized spacial score (nSPS) is 12.8. The van der Waals surface area contributed by atoms with Crippen molar-refractivity contribution in [1.29, 1.82) is 0 Å². The molecule has 1 heterocycles. The zero-order valence-corrected chi connectivity index (χ0v) is 14.5. The van der Waals surface area contributed by atoms with Crippen molar-refractivity contribution in [3.8, 4) is 5.75 Å². The monoisotopic (exact) mass is 355 g/mol. The number of rotatable bonds is 6. The Kier molecular flexibility index (Phi) is 5.08. The summed E-state index contributed by atoms with van der Waals surface area (Å²) in [7, 11) is -2.69. The number of nitrogens with one attached hydrogen (secondary N) is 1. The minimum absolute atomic E-state index is 0.0692. The lowest BCUT2D eigenvalue weighted by atomic mass is 10.1. The summed E-state index contributed by atoms with van der Waals surface area (Å²) in [6.07, 6.45) is 0. The van der Waals surface area contributed by atoms with E-state index in [1.165, 1.54) is 24.5 Å². The Hall–Kier alpha value is -1.90. The van der Waals surface area contributed by atoms with Crippen molar-refractivity contribution in [3.63, 3.8) is 0 Å². The molecule has 2 aromatic rings. The zero-order chi connectivity index (χ0) is 17.2. The predicted molar refractivity (Wildman–Crippen MR) is 87.5 cm³/mol. The fraction of sp³-hybridized carbons (Fsp3) is 0.267. The number of thiophene rings is 1. The number of ether oxygens (including phenoxy) is 1. The first kappa shape index (κ1) is 17.5. The molecule has 0 aliphatic heterocycles. The van der Waals surface area contributed by atoms with Crippen LogP contribution in [0.25, 0.3) is 0 Å². The molecule has 0 saturated heterocycles. The van der Waals surface area contributed by atoms with Crippen molar-refractivity contribution < 1.29 is 23.1 Å². The van der Waals surface area contributed by atoms with E-state index in [1.807, 2.05) is 0 Å². The first-order valence-electron chi connectivity index (χ1n) is 6.70. The summed E-state index contributed by atoms with van der Waals surface area (Å²) >= 11 is 1.17. The molecule has 23 heavy (non-hydrogen) atoms. The highest BCUT2D eigenvalue weighted by molar-refractivity contribution is 7.89. The highest BCUT2D eigenvalue weighted by atomic mass is 32.2. The van der Waals surface area contributed by atoms with Crippen LogP contribution >= 0.6 is 11.3 Å². The van der Waals surface area contributed by atoms with E-state index in [4.69, 9.17) is 4.74 Å². The molecule has 0 aliphatic carbocycles. The van der Waals surface area contributed by atoms with Crippen molar-refractivity contribution in [2.24, 2.45) is 0 Å². The van der Waals surface area contributed by atoms with Crippen LogP contribution in [0.2, 0.25) is 0 Å². The van der Waals surface area contributed by atoms with E-state index < -0.39 is 22.0 Å². The topological polar surface area (TPSA) is 92.7 Å². The highest BCUT2D eigenvalue weighted by Gasteiger charge is 2.30. The Labute approximate surface area is 138 Å². The Balaban J connectivity index is 2.48. The molecule has 6 nitrogen and oxygen atoms in total. The van der Waals surface area contributed by atoms with Gasteiger partial charge in [0.2, 0.25) is 10.0 Å². The summed E-state index contributed by atoms with van der Waals surface area (Å²) < 4.78 is 32.8. The number of aliphatic carboxylic acids is 1. The molecule has 0 spiro atoms. The fourth-order valence-electron chi connectivity index (χ4n) is 2.28. The predicted octanol–water partition coefficient (Wildman–Crippen LogP) is 2.48. The second-order valence-corrected chi connectivity index (χ2v) is 7.68. The van der Waals surface area contributed by atoms with E-state index in [0.29, 0.717) is 10.4 Å². The van der Waals surface area contributed by atoms with E-state index in [0.717, 1.165) is 5.56 Å². The maximum atomic E-state index is 12.7. The van der Waals surface area contributed by atoms with E-state index in [1.54, 1.807) is 37.4 Å². The van der Waals surface area contributed by atoms with Gasteiger partial charge in [0.05, 0.1) is 7.11 Å². The number of carboxylic acid groups (broad SMARTS) is 1. The molecular weight excluding hydrogens is 338 g/mol. The molecule has 0 saturated carbocycles. The van der Waals surface area contributed by atoms with Gasteiger partial charge in [0.25, 0.3) is 0 Å². The minimum Gasteiger partial charge on any atom is -0.495 e. The number of methoxy groups -OCH3 is 1. The quantitative estimate of drug-likeness (QED) is 0.830. The number of sulfonamides is 1. The van der Waals surface area contributed by atoms with Gasteiger partial charge in [0.1, 0.15) is 10.6 Å². The SMILES string of the molecule is COc1c(C)cc(C)cc1S(=O)(=O)NC(C(=O)O)c1cccs1. The van der Waals surface area contributed by atoms with Gasteiger partial charge in [-0.05, 0) is 42.5 Å². The summed E-state index contributed by atoms with van der Waals surface area (Å²) in [5.74, 6) is -1.06. The maximum absolute atomic E-state index is 12.7. The number of carboxylic acids is 1. The van der Waals surface area contributed by atoms with Crippen LogP contribution < -0.4 is 9.46 Å². The third kappa shape index (κ3) is 3.72. The Morgan fingerprint density at radius 3 is 2.57 bits per heavy atom. The van der Waals surface area contributed by atoms with Crippen molar-refractivity contribution in [3.05, 3.63) is 45.6 Å². The van der Waals surface area contributed by atoms with Crippen LogP contribution in [0.3, 0.4) is 0 Å². The maximum Gasteiger partial charge on any atom is 0.327 e. The Morgan fingerprint density at radius 1 is 1.35 bits per heavy atom. The van der Waals surface area contributed by atoms with Crippen molar-refractivity contribution >= 4 is 27.3 Å². The Morgan fingerprint density at radius 2 is 2.04 bits per heavy atom. The minimum atomic E-state index is -4.07. The van der Waals surface area contributed by atoms with Crippen molar-refractivity contribution in [2.45, 2.75) is 24.8 Å². The summed E-state index contributed by atoms with van der Waals surface area (Å²) in [4.78, 5) is 11.8. The van der Waals surface area contributed by atoms with E-state index in [-0.39, 0.29) is 10.6 Å². The molecule has 1 aromatic heterocycles. The van der Waals surface area contributed by atoms with Gasteiger partial charge in [0, 0.05) is 4.88 Å². The second-order valence-electron chi connectivity index (χ2n) is 5.02. The third-order valence-corrected chi connectivity index (χ3v) is 5.59. The van der Waals surface area contributed by atoms with Crippen LogP contribution in [0, 0.1) is 13.8 Å².